The summed E-state index contributed by atoms with van der Waals surface area (Å²) in [5.74, 6) is 0. The van der Waals surface area contributed by atoms with E-state index in [1.807, 2.05) is 0 Å². The van der Waals surface area contributed by atoms with Crippen LogP contribution in [0.2, 0.25) is 0 Å². The van der Waals surface area contributed by atoms with Gasteiger partial charge in [-0.3, -0.25) is 0 Å². The van der Waals surface area contributed by atoms with Crippen LogP contribution in [0.3, 0.4) is 0 Å². The molecule has 0 saturated heterocycles. The minimum atomic E-state index is 1.22. The largest absolute Gasteiger partial charge is 0.0616 e. The van der Waals surface area contributed by atoms with Crippen LogP contribution in [0.15, 0.2) is 158 Å². The van der Waals surface area contributed by atoms with Crippen LogP contribution in [0.1, 0.15) is 0 Å². The lowest BCUT2D eigenvalue weighted by Gasteiger charge is -2.14. The molecule has 40 heavy (non-hydrogen) atoms. The summed E-state index contributed by atoms with van der Waals surface area (Å²) >= 11 is 0. The Morgan fingerprint density at radius 1 is 0.225 bits per heavy atom. The zero-order chi connectivity index (χ0) is 26.5. The molecule has 0 heterocycles. The van der Waals surface area contributed by atoms with Gasteiger partial charge in [0.15, 0.2) is 0 Å². The second-order valence-electron chi connectivity index (χ2n) is 10.5. The second-order valence-corrected chi connectivity index (χ2v) is 10.5. The lowest BCUT2D eigenvalue weighted by atomic mass is 9.90. The predicted molar refractivity (Wildman–Crippen MR) is 173 cm³/mol. The summed E-state index contributed by atoms with van der Waals surface area (Å²) in [4.78, 5) is 0. The van der Waals surface area contributed by atoms with Crippen LogP contribution >= 0.6 is 0 Å². The zero-order valence-corrected chi connectivity index (χ0v) is 22.0. The van der Waals surface area contributed by atoms with E-state index in [2.05, 4.69) is 158 Å². The highest BCUT2D eigenvalue weighted by atomic mass is 14.2. The molecule has 0 bridgehead atoms. The van der Waals surface area contributed by atoms with Crippen LogP contribution in [0.5, 0.6) is 0 Å². The van der Waals surface area contributed by atoms with Crippen LogP contribution in [-0.2, 0) is 0 Å². The monoisotopic (exact) mass is 506 g/mol. The SMILES string of the molecule is c1cc(-c2cccc(-c3cc4ccccc4c4ccccc34)c2)cc(-c2cc3ccccc3c3ccccc23)c1. The third-order valence-electron chi connectivity index (χ3n) is 8.22. The minimum Gasteiger partial charge on any atom is -0.0616 e. The second kappa shape index (κ2) is 9.22. The summed E-state index contributed by atoms with van der Waals surface area (Å²) < 4.78 is 0. The number of benzene rings is 8. The van der Waals surface area contributed by atoms with Gasteiger partial charge in [-0.05, 0) is 101 Å². The number of hydrogen-bond donors (Lipinski definition) is 0. The van der Waals surface area contributed by atoms with E-state index in [-0.39, 0.29) is 0 Å². The first-order valence-corrected chi connectivity index (χ1v) is 13.9. The lowest BCUT2D eigenvalue weighted by Crippen LogP contribution is -1.87. The first kappa shape index (κ1) is 22.8. The first-order valence-electron chi connectivity index (χ1n) is 13.9. The number of hydrogen-bond acceptors (Lipinski definition) is 0. The Morgan fingerprint density at radius 2 is 0.575 bits per heavy atom. The smallest absolute Gasteiger partial charge is 0.00988 e. The zero-order valence-electron chi connectivity index (χ0n) is 22.0. The van der Waals surface area contributed by atoms with Gasteiger partial charge in [0.05, 0.1) is 0 Å². The molecule has 8 aromatic carbocycles. The van der Waals surface area contributed by atoms with Gasteiger partial charge in [-0.25, -0.2) is 0 Å². The molecule has 0 amide bonds. The summed E-state index contributed by atoms with van der Waals surface area (Å²) in [6.45, 7) is 0. The first-order chi connectivity index (χ1) is 19.8. The molecule has 0 aromatic heterocycles. The van der Waals surface area contributed by atoms with E-state index >= 15 is 0 Å². The van der Waals surface area contributed by atoms with Gasteiger partial charge in [0, 0.05) is 0 Å². The minimum absolute atomic E-state index is 1.22. The standard InChI is InChI=1S/C40H26/c1-3-17-33-31(11-1)25-39(37-21-7-5-19-35(33)37)29-15-9-13-27(23-29)28-14-10-16-30(24-28)40-26-32-12-2-4-18-34(32)36-20-6-8-22-38(36)40/h1-26H. The maximum atomic E-state index is 2.34. The molecule has 0 heteroatoms. The Bertz CT molecular complexity index is 2060. The molecule has 0 aliphatic carbocycles. The van der Waals surface area contributed by atoms with Crippen LogP contribution in [0.25, 0.3) is 76.5 Å². The Morgan fingerprint density at radius 3 is 1.02 bits per heavy atom. The normalized spacial score (nSPS) is 11.5. The molecular weight excluding hydrogens is 480 g/mol. The molecule has 0 atom stereocenters. The summed E-state index contributed by atoms with van der Waals surface area (Å²) in [5, 5.41) is 10.3. The molecule has 0 aliphatic rings. The van der Waals surface area contributed by atoms with Crippen molar-refractivity contribution in [3.63, 3.8) is 0 Å². The van der Waals surface area contributed by atoms with Gasteiger partial charge in [-0.2, -0.15) is 0 Å². The average molecular weight is 507 g/mol. The van der Waals surface area contributed by atoms with E-state index in [1.165, 1.54) is 76.5 Å². The van der Waals surface area contributed by atoms with Crippen molar-refractivity contribution < 1.29 is 0 Å². The molecule has 0 spiro atoms. The van der Waals surface area contributed by atoms with Gasteiger partial charge >= 0.3 is 0 Å². The third-order valence-corrected chi connectivity index (χ3v) is 8.22. The van der Waals surface area contributed by atoms with Crippen LogP contribution in [-0.4, -0.2) is 0 Å². The van der Waals surface area contributed by atoms with E-state index < -0.39 is 0 Å². The van der Waals surface area contributed by atoms with Crippen LogP contribution in [0.4, 0.5) is 0 Å². The molecule has 0 unspecified atom stereocenters. The highest BCUT2D eigenvalue weighted by Crippen LogP contribution is 2.38. The number of rotatable bonds is 3. The van der Waals surface area contributed by atoms with Crippen molar-refractivity contribution in [1.82, 2.24) is 0 Å². The van der Waals surface area contributed by atoms with Gasteiger partial charge in [-0.15, -0.1) is 0 Å². The van der Waals surface area contributed by atoms with Gasteiger partial charge in [-0.1, -0.05) is 133 Å². The molecule has 8 aromatic rings. The maximum Gasteiger partial charge on any atom is -0.00988 e. The molecule has 0 aliphatic heterocycles. The van der Waals surface area contributed by atoms with E-state index in [1.54, 1.807) is 0 Å². The topological polar surface area (TPSA) is 0 Å². The van der Waals surface area contributed by atoms with Crippen molar-refractivity contribution in [2.24, 2.45) is 0 Å². The van der Waals surface area contributed by atoms with Crippen LogP contribution in [0, 0.1) is 0 Å². The predicted octanol–water partition coefficient (Wildman–Crippen LogP) is 11.3. The van der Waals surface area contributed by atoms with Crippen LogP contribution < -0.4 is 0 Å². The fourth-order valence-electron chi connectivity index (χ4n) is 6.32. The van der Waals surface area contributed by atoms with E-state index in [0.29, 0.717) is 0 Å². The Labute approximate surface area is 233 Å². The van der Waals surface area contributed by atoms with E-state index in [9.17, 15) is 0 Å². The van der Waals surface area contributed by atoms with Gasteiger partial charge in [0.25, 0.3) is 0 Å². The van der Waals surface area contributed by atoms with Crippen molar-refractivity contribution in [3.8, 4) is 33.4 Å². The summed E-state index contributed by atoms with van der Waals surface area (Å²) in [5.41, 5.74) is 7.46. The molecule has 0 nitrogen and oxygen atoms in total. The van der Waals surface area contributed by atoms with E-state index in [4.69, 9.17) is 0 Å². The summed E-state index contributed by atoms with van der Waals surface area (Å²) in [6.07, 6.45) is 0. The quantitative estimate of drug-likeness (QED) is 0.209. The van der Waals surface area contributed by atoms with Crippen molar-refractivity contribution in [1.29, 1.82) is 0 Å². The Kier molecular flexibility index (Phi) is 5.24. The van der Waals surface area contributed by atoms with Crippen molar-refractivity contribution in [2.45, 2.75) is 0 Å². The molecular formula is C40H26. The maximum absolute atomic E-state index is 2.34. The average Bonchev–Trinajstić information content (AvgIpc) is 3.04. The molecule has 186 valence electrons. The van der Waals surface area contributed by atoms with Crippen molar-refractivity contribution >= 4 is 43.1 Å². The van der Waals surface area contributed by atoms with Gasteiger partial charge in [0.1, 0.15) is 0 Å². The van der Waals surface area contributed by atoms with Crippen molar-refractivity contribution in [2.75, 3.05) is 0 Å². The highest BCUT2D eigenvalue weighted by Gasteiger charge is 2.12. The summed E-state index contributed by atoms with van der Waals surface area (Å²) in [6, 6.07) is 57.6. The molecule has 0 N–H and O–H groups in total. The molecule has 8 rings (SSSR count). The fourth-order valence-corrected chi connectivity index (χ4v) is 6.32. The number of fused-ring (bicyclic) bond motifs is 6. The Balaban J connectivity index is 1.29. The summed E-state index contributed by atoms with van der Waals surface area (Å²) in [7, 11) is 0. The van der Waals surface area contributed by atoms with Gasteiger partial charge < -0.3 is 0 Å². The van der Waals surface area contributed by atoms with Crippen molar-refractivity contribution in [3.05, 3.63) is 158 Å². The molecule has 0 fully saturated rings. The van der Waals surface area contributed by atoms with Gasteiger partial charge in [0.2, 0.25) is 0 Å². The third kappa shape index (κ3) is 3.69. The fraction of sp³-hybridized carbons (Fsp3) is 0. The highest BCUT2D eigenvalue weighted by molar-refractivity contribution is 6.15. The van der Waals surface area contributed by atoms with E-state index in [0.717, 1.165) is 0 Å². The Hall–Kier alpha value is -5.20. The molecule has 0 saturated carbocycles. The molecule has 0 radical (unpaired) electrons. The lowest BCUT2D eigenvalue weighted by molar-refractivity contribution is 1.60.